The van der Waals surface area contributed by atoms with Crippen LogP contribution in [0.4, 0.5) is 0 Å². The summed E-state index contributed by atoms with van der Waals surface area (Å²) in [6, 6.07) is -1.45. The number of nitrogens with two attached hydrogens (primary N) is 1. The Balaban J connectivity index is 4.62. The van der Waals surface area contributed by atoms with Crippen molar-refractivity contribution in [2.24, 2.45) is 11.7 Å². The molecule has 0 heterocycles. The summed E-state index contributed by atoms with van der Waals surface area (Å²) in [5, 5.41) is 8.99. The molecule has 0 aromatic rings. The zero-order valence-corrected chi connectivity index (χ0v) is 9.73. The zero-order valence-electron chi connectivity index (χ0n) is 9.73. The maximum Gasteiger partial charge on any atom is 0.326 e. The van der Waals surface area contributed by atoms with Crippen LogP contribution in [-0.2, 0) is 9.59 Å². The van der Waals surface area contributed by atoms with E-state index in [1.165, 1.54) is 11.9 Å². The third-order valence-electron chi connectivity index (χ3n) is 2.18. The molecule has 15 heavy (non-hydrogen) atoms. The molecule has 0 aliphatic carbocycles. The Hall–Kier alpha value is -1.10. The summed E-state index contributed by atoms with van der Waals surface area (Å²) >= 11 is 0. The standard InChI is InChI=1S/C10H20N2O3/c1-6(2)5-8(10(14)15)12(4)9(13)7(3)11/h6-8H,5,11H2,1-4H3,(H,14,15). The van der Waals surface area contributed by atoms with Gasteiger partial charge in [-0.2, -0.15) is 0 Å². The first-order valence-electron chi connectivity index (χ1n) is 5.02. The number of carbonyl (C=O) groups is 2. The molecule has 5 heteroatoms. The first kappa shape index (κ1) is 13.9. The van der Waals surface area contributed by atoms with Crippen molar-refractivity contribution in [3.05, 3.63) is 0 Å². The van der Waals surface area contributed by atoms with Crippen molar-refractivity contribution in [1.82, 2.24) is 4.90 Å². The number of rotatable bonds is 5. The largest absolute Gasteiger partial charge is 0.480 e. The molecule has 1 amide bonds. The third kappa shape index (κ3) is 4.29. The van der Waals surface area contributed by atoms with Crippen LogP contribution in [0, 0.1) is 5.92 Å². The van der Waals surface area contributed by atoms with Crippen molar-refractivity contribution in [3.63, 3.8) is 0 Å². The van der Waals surface area contributed by atoms with Crippen molar-refractivity contribution >= 4 is 11.9 Å². The normalized spacial score (nSPS) is 14.8. The highest BCUT2D eigenvalue weighted by atomic mass is 16.4. The Labute approximate surface area is 90.2 Å². The van der Waals surface area contributed by atoms with Crippen LogP contribution in [0.3, 0.4) is 0 Å². The quantitative estimate of drug-likeness (QED) is 0.692. The van der Waals surface area contributed by atoms with Crippen LogP contribution in [0.5, 0.6) is 0 Å². The van der Waals surface area contributed by atoms with E-state index in [0.717, 1.165) is 0 Å². The molecule has 0 saturated heterocycles. The number of hydrogen-bond donors (Lipinski definition) is 2. The van der Waals surface area contributed by atoms with Gasteiger partial charge in [0.05, 0.1) is 6.04 Å². The minimum absolute atomic E-state index is 0.217. The van der Waals surface area contributed by atoms with E-state index in [1.54, 1.807) is 6.92 Å². The van der Waals surface area contributed by atoms with Crippen molar-refractivity contribution in [2.45, 2.75) is 39.3 Å². The van der Waals surface area contributed by atoms with Gasteiger partial charge in [-0.15, -0.1) is 0 Å². The number of carbonyl (C=O) groups excluding carboxylic acids is 1. The Kier molecular flexibility index (Phi) is 5.28. The summed E-state index contributed by atoms with van der Waals surface area (Å²) < 4.78 is 0. The van der Waals surface area contributed by atoms with Crippen LogP contribution in [0.2, 0.25) is 0 Å². The van der Waals surface area contributed by atoms with Crippen LogP contribution in [0.1, 0.15) is 27.2 Å². The highest BCUT2D eigenvalue weighted by Crippen LogP contribution is 2.11. The van der Waals surface area contributed by atoms with E-state index in [9.17, 15) is 9.59 Å². The number of amides is 1. The van der Waals surface area contributed by atoms with Gasteiger partial charge >= 0.3 is 5.97 Å². The molecule has 0 radical (unpaired) electrons. The van der Waals surface area contributed by atoms with E-state index < -0.39 is 18.1 Å². The summed E-state index contributed by atoms with van der Waals surface area (Å²) in [5.74, 6) is -1.11. The summed E-state index contributed by atoms with van der Waals surface area (Å²) in [6.45, 7) is 5.38. The molecule has 0 aromatic carbocycles. The molecule has 0 bridgehead atoms. The number of hydrogen-bond acceptors (Lipinski definition) is 3. The second-order valence-corrected chi connectivity index (χ2v) is 4.22. The van der Waals surface area contributed by atoms with Crippen LogP contribution in [0.25, 0.3) is 0 Å². The molecule has 2 atom stereocenters. The van der Waals surface area contributed by atoms with Crippen LogP contribution < -0.4 is 5.73 Å². The van der Waals surface area contributed by atoms with E-state index in [4.69, 9.17) is 10.8 Å². The molecule has 0 fully saturated rings. The van der Waals surface area contributed by atoms with Gasteiger partial charge in [0.15, 0.2) is 0 Å². The third-order valence-corrected chi connectivity index (χ3v) is 2.18. The summed E-state index contributed by atoms with van der Waals surface area (Å²) in [7, 11) is 1.48. The molecule has 0 aliphatic heterocycles. The Bertz CT molecular complexity index is 239. The second-order valence-electron chi connectivity index (χ2n) is 4.22. The zero-order chi connectivity index (χ0) is 12.2. The average Bonchev–Trinajstić information content (AvgIpc) is 2.10. The highest BCUT2D eigenvalue weighted by Gasteiger charge is 2.28. The fourth-order valence-electron chi connectivity index (χ4n) is 1.35. The lowest BCUT2D eigenvalue weighted by atomic mass is 10.0. The van der Waals surface area contributed by atoms with Gasteiger partial charge in [-0.05, 0) is 19.3 Å². The average molecular weight is 216 g/mol. The smallest absolute Gasteiger partial charge is 0.326 e. The van der Waals surface area contributed by atoms with E-state index in [1.807, 2.05) is 13.8 Å². The van der Waals surface area contributed by atoms with Crippen molar-refractivity contribution in [1.29, 1.82) is 0 Å². The molecule has 0 saturated carbocycles. The lowest BCUT2D eigenvalue weighted by molar-refractivity contribution is -0.150. The molecule has 0 aromatic heterocycles. The summed E-state index contributed by atoms with van der Waals surface area (Å²) in [5.41, 5.74) is 5.42. The molecular weight excluding hydrogens is 196 g/mol. The van der Waals surface area contributed by atoms with E-state index in [2.05, 4.69) is 0 Å². The van der Waals surface area contributed by atoms with Gasteiger partial charge in [-0.1, -0.05) is 13.8 Å². The molecule has 88 valence electrons. The Morgan fingerprint density at radius 2 is 1.80 bits per heavy atom. The van der Waals surface area contributed by atoms with Crippen molar-refractivity contribution < 1.29 is 14.7 Å². The first-order chi connectivity index (χ1) is 6.77. The SMILES string of the molecule is CC(C)CC(C(=O)O)N(C)C(=O)C(C)N. The summed E-state index contributed by atoms with van der Waals surface area (Å²) in [4.78, 5) is 23.7. The summed E-state index contributed by atoms with van der Waals surface area (Å²) in [6.07, 6.45) is 0.435. The van der Waals surface area contributed by atoms with Gasteiger partial charge in [0.25, 0.3) is 0 Å². The molecule has 2 unspecified atom stereocenters. The number of likely N-dealkylation sites (N-methyl/N-ethyl adjacent to an activating group) is 1. The number of nitrogens with zero attached hydrogens (tertiary/aromatic N) is 1. The fourth-order valence-corrected chi connectivity index (χ4v) is 1.35. The molecule has 0 spiro atoms. The van der Waals surface area contributed by atoms with Gasteiger partial charge in [-0.3, -0.25) is 4.79 Å². The van der Waals surface area contributed by atoms with E-state index in [0.29, 0.717) is 6.42 Å². The minimum atomic E-state index is -0.986. The molecule has 3 N–H and O–H groups in total. The molecule has 5 nitrogen and oxygen atoms in total. The van der Waals surface area contributed by atoms with Gasteiger partial charge in [0.1, 0.15) is 6.04 Å². The lowest BCUT2D eigenvalue weighted by Crippen LogP contribution is -2.48. The highest BCUT2D eigenvalue weighted by molar-refractivity contribution is 5.86. The number of aliphatic carboxylic acids is 1. The Morgan fingerprint density at radius 3 is 2.07 bits per heavy atom. The molecule has 0 rings (SSSR count). The van der Waals surface area contributed by atoms with Crippen molar-refractivity contribution in [3.8, 4) is 0 Å². The Morgan fingerprint density at radius 1 is 1.33 bits per heavy atom. The van der Waals surface area contributed by atoms with Gasteiger partial charge in [0, 0.05) is 7.05 Å². The van der Waals surface area contributed by atoms with Crippen LogP contribution in [0.15, 0.2) is 0 Å². The predicted molar refractivity (Wildman–Crippen MR) is 57.3 cm³/mol. The van der Waals surface area contributed by atoms with Gasteiger partial charge < -0.3 is 15.7 Å². The van der Waals surface area contributed by atoms with Gasteiger partial charge in [-0.25, -0.2) is 4.79 Å². The van der Waals surface area contributed by atoms with Crippen LogP contribution >= 0.6 is 0 Å². The van der Waals surface area contributed by atoms with Gasteiger partial charge in [0.2, 0.25) is 5.91 Å². The maximum atomic E-state index is 11.5. The molecular formula is C10H20N2O3. The first-order valence-corrected chi connectivity index (χ1v) is 5.02. The monoisotopic (exact) mass is 216 g/mol. The fraction of sp³-hybridized carbons (Fsp3) is 0.800. The molecule has 0 aliphatic rings. The minimum Gasteiger partial charge on any atom is -0.480 e. The van der Waals surface area contributed by atoms with E-state index in [-0.39, 0.29) is 11.8 Å². The van der Waals surface area contributed by atoms with Crippen LogP contribution in [-0.4, -0.2) is 41.0 Å². The van der Waals surface area contributed by atoms with E-state index >= 15 is 0 Å². The maximum absolute atomic E-state index is 11.5. The van der Waals surface area contributed by atoms with Crippen molar-refractivity contribution in [2.75, 3.05) is 7.05 Å². The number of carboxylic acid groups (broad SMARTS) is 1. The number of carboxylic acids is 1. The topological polar surface area (TPSA) is 83.6 Å². The lowest BCUT2D eigenvalue weighted by Gasteiger charge is -2.27. The predicted octanol–water partition coefficient (Wildman–Crippen LogP) is 0.291. The second kappa shape index (κ2) is 5.70.